The number of hydrogen-bond acceptors (Lipinski definition) is 0. The molecule has 0 heteroatoms. The molecule has 0 bridgehead atoms. The molecular formula is C42H26. The molecule has 0 spiro atoms. The van der Waals surface area contributed by atoms with E-state index in [0.717, 1.165) is 0 Å². The summed E-state index contributed by atoms with van der Waals surface area (Å²) in [5, 5.41) is 7.72. The number of fused-ring (bicyclic) bond motifs is 5. The molecule has 0 fully saturated rings. The van der Waals surface area contributed by atoms with Crippen LogP contribution in [-0.2, 0) is 0 Å². The molecule has 8 aromatic carbocycles. The first-order valence-corrected chi connectivity index (χ1v) is 14.6. The van der Waals surface area contributed by atoms with Crippen molar-refractivity contribution in [2.75, 3.05) is 0 Å². The lowest BCUT2D eigenvalue weighted by atomic mass is 9.90. The van der Waals surface area contributed by atoms with Crippen molar-refractivity contribution in [2.45, 2.75) is 0 Å². The van der Waals surface area contributed by atoms with E-state index in [1.807, 2.05) is 0 Å². The molecule has 0 aromatic heterocycles. The summed E-state index contributed by atoms with van der Waals surface area (Å²) in [6.07, 6.45) is 0. The van der Waals surface area contributed by atoms with Crippen molar-refractivity contribution in [3.63, 3.8) is 0 Å². The van der Waals surface area contributed by atoms with E-state index in [1.165, 1.54) is 88.0 Å². The smallest absolute Gasteiger partial charge is 0.00264 e. The molecular weight excluding hydrogens is 504 g/mol. The van der Waals surface area contributed by atoms with Crippen molar-refractivity contribution in [1.29, 1.82) is 0 Å². The predicted octanol–water partition coefficient (Wildman–Crippen LogP) is 11.8. The topological polar surface area (TPSA) is 0 Å². The van der Waals surface area contributed by atoms with Crippen molar-refractivity contribution < 1.29 is 0 Å². The lowest BCUT2D eigenvalue weighted by Gasteiger charge is -2.14. The van der Waals surface area contributed by atoms with Crippen molar-refractivity contribution in [3.8, 4) is 55.6 Å². The normalized spacial score (nSPS) is 11.8. The van der Waals surface area contributed by atoms with Gasteiger partial charge < -0.3 is 0 Å². The van der Waals surface area contributed by atoms with Gasteiger partial charge >= 0.3 is 0 Å². The number of rotatable bonds is 3. The predicted molar refractivity (Wildman–Crippen MR) is 180 cm³/mol. The van der Waals surface area contributed by atoms with Crippen LogP contribution >= 0.6 is 0 Å². The van der Waals surface area contributed by atoms with Crippen molar-refractivity contribution in [1.82, 2.24) is 0 Å². The molecule has 0 saturated heterocycles. The first-order chi connectivity index (χ1) is 20.8. The van der Waals surface area contributed by atoms with Crippen LogP contribution in [0.1, 0.15) is 0 Å². The minimum absolute atomic E-state index is 1.23. The van der Waals surface area contributed by atoms with Gasteiger partial charge in [0.2, 0.25) is 0 Å². The molecule has 194 valence electrons. The highest BCUT2D eigenvalue weighted by atomic mass is 14.2. The van der Waals surface area contributed by atoms with Gasteiger partial charge in [-0.3, -0.25) is 0 Å². The Morgan fingerprint density at radius 2 is 0.667 bits per heavy atom. The molecule has 42 heavy (non-hydrogen) atoms. The van der Waals surface area contributed by atoms with E-state index in [4.69, 9.17) is 0 Å². The highest BCUT2D eigenvalue weighted by molar-refractivity contribution is 6.15. The van der Waals surface area contributed by atoms with Crippen molar-refractivity contribution in [3.05, 3.63) is 158 Å². The van der Waals surface area contributed by atoms with Gasteiger partial charge in [0.25, 0.3) is 0 Å². The fraction of sp³-hybridized carbons (Fsp3) is 0. The van der Waals surface area contributed by atoms with Crippen molar-refractivity contribution >= 4 is 32.3 Å². The van der Waals surface area contributed by atoms with Crippen LogP contribution in [0.4, 0.5) is 0 Å². The Bertz CT molecular complexity index is 2250. The van der Waals surface area contributed by atoms with Gasteiger partial charge in [0.1, 0.15) is 0 Å². The summed E-state index contributed by atoms with van der Waals surface area (Å²) in [6.45, 7) is 0. The zero-order valence-electron chi connectivity index (χ0n) is 23.0. The molecule has 9 rings (SSSR count). The summed E-state index contributed by atoms with van der Waals surface area (Å²) >= 11 is 0. The van der Waals surface area contributed by atoms with Crippen molar-refractivity contribution in [2.24, 2.45) is 0 Å². The van der Waals surface area contributed by atoms with E-state index in [-0.39, 0.29) is 0 Å². The Labute approximate surface area is 245 Å². The molecule has 1 aliphatic carbocycles. The maximum Gasteiger partial charge on any atom is -0.00264 e. The highest BCUT2D eigenvalue weighted by Gasteiger charge is 2.21. The largest absolute Gasteiger partial charge is 0.0616 e. The second-order valence-electron chi connectivity index (χ2n) is 11.4. The van der Waals surface area contributed by atoms with Crippen LogP contribution in [-0.4, -0.2) is 0 Å². The Hall–Kier alpha value is -5.46. The average molecular weight is 531 g/mol. The molecule has 0 amide bonds. The molecule has 0 unspecified atom stereocenters. The summed E-state index contributed by atoms with van der Waals surface area (Å²) in [5.41, 5.74) is 12.7. The minimum atomic E-state index is 1.23. The molecule has 0 nitrogen and oxygen atoms in total. The van der Waals surface area contributed by atoms with Crippen LogP contribution in [0.15, 0.2) is 158 Å². The van der Waals surface area contributed by atoms with Gasteiger partial charge in [0.05, 0.1) is 0 Å². The quantitative estimate of drug-likeness (QED) is 0.213. The number of hydrogen-bond donors (Lipinski definition) is 0. The Morgan fingerprint density at radius 1 is 0.214 bits per heavy atom. The van der Waals surface area contributed by atoms with E-state index >= 15 is 0 Å². The summed E-state index contributed by atoms with van der Waals surface area (Å²) in [6, 6.07) is 58.2. The van der Waals surface area contributed by atoms with Crippen LogP contribution in [0, 0.1) is 0 Å². The van der Waals surface area contributed by atoms with Crippen LogP contribution in [0.5, 0.6) is 0 Å². The highest BCUT2D eigenvalue weighted by Crippen LogP contribution is 2.48. The van der Waals surface area contributed by atoms with Gasteiger partial charge in [-0.25, -0.2) is 0 Å². The van der Waals surface area contributed by atoms with E-state index in [9.17, 15) is 0 Å². The van der Waals surface area contributed by atoms with Gasteiger partial charge in [-0.05, 0) is 124 Å². The summed E-state index contributed by atoms with van der Waals surface area (Å²) < 4.78 is 0. The van der Waals surface area contributed by atoms with Gasteiger partial charge in [-0.15, -0.1) is 0 Å². The third kappa shape index (κ3) is 3.62. The second-order valence-corrected chi connectivity index (χ2v) is 11.4. The monoisotopic (exact) mass is 530 g/mol. The maximum absolute atomic E-state index is 2.40. The Balaban J connectivity index is 1.25. The first-order valence-electron chi connectivity index (χ1n) is 14.6. The van der Waals surface area contributed by atoms with Gasteiger partial charge in [-0.1, -0.05) is 121 Å². The minimum Gasteiger partial charge on any atom is -0.0616 e. The number of benzene rings is 8. The van der Waals surface area contributed by atoms with Crippen LogP contribution in [0.25, 0.3) is 88.0 Å². The summed E-state index contributed by atoms with van der Waals surface area (Å²) in [5.74, 6) is 0. The summed E-state index contributed by atoms with van der Waals surface area (Å²) in [7, 11) is 0. The van der Waals surface area contributed by atoms with E-state index < -0.39 is 0 Å². The molecule has 0 saturated carbocycles. The standard InChI is InChI=1S/C42H26/c1-3-9-30-21-32(17-15-27(30)7-1)35-23-36(33-18-16-28-8-2-4-10-31(28)22-33)25-37(24-35)34-19-20-38-39-13-5-11-29-12-6-14-40(42(29)39)41(38)26-34/h1-26H. The van der Waals surface area contributed by atoms with Gasteiger partial charge in [0.15, 0.2) is 0 Å². The van der Waals surface area contributed by atoms with E-state index in [0.29, 0.717) is 0 Å². The second kappa shape index (κ2) is 9.03. The molecule has 8 aromatic rings. The molecule has 1 aliphatic rings. The zero-order chi connectivity index (χ0) is 27.6. The first kappa shape index (κ1) is 23.3. The van der Waals surface area contributed by atoms with Gasteiger partial charge in [0, 0.05) is 0 Å². The Kier molecular flexibility index (Phi) is 5.00. The maximum atomic E-state index is 2.40. The lowest BCUT2D eigenvalue weighted by molar-refractivity contribution is 1.58. The fourth-order valence-corrected chi connectivity index (χ4v) is 6.84. The van der Waals surface area contributed by atoms with E-state index in [2.05, 4.69) is 158 Å². The average Bonchev–Trinajstić information content (AvgIpc) is 3.38. The van der Waals surface area contributed by atoms with E-state index in [1.54, 1.807) is 0 Å². The third-order valence-corrected chi connectivity index (χ3v) is 8.94. The lowest BCUT2D eigenvalue weighted by Crippen LogP contribution is -1.88. The van der Waals surface area contributed by atoms with Crippen LogP contribution in [0.2, 0.25) is 0 Å². The molecule has 0 radical (unpaired) electrons. The van der Waals surface area contributed by atoms with Crippen LogP contribution < -0.4 is 0 Å². The summed E-state index contributed by atoms with van der Waals surface area (Å²) in [4.78, 5) is 0. The molecule has 0 heterocycles. The fourth-order valence-electron chi connectivity index (χ4n) is 6.84. The Morgan fingerprint density at radius 3 is 1.24 bits per heavy atom. The van der Waals surface area contributed by atoms with Gasteiger partial charge in [-0.2, -0.15) is 0 Å². The molecule has 0 aliphatic heterocycles. The zero-order valence-corrected chi connectivity index (χ0v) is 23.0. The van der Waals surface area contributed by atoms with Crippen LogP contribution in [0.3, 0.4) is 0 Å². The molecule has 0 N–H and O–H groups in total. The SMILES string of the molecule is c1ccc2cc(-c3cc(-c4ccc5c(c4)-c4cccc6cccc-5c46)cc(-c4ccc5ccccc5c4)c3)ccc2c1. The third-order valence-electron chi connectivity index (χ3n) is 8.94. The molecule has 0 atom stereocenters.